The van der Waals surface area contributed by atoms with Crippen LogP contribution in [-0.4, -0.2) is 38.8 Å². The fourth-order valence-corrected chi connectivity index (χ4v) is 4.53. The summed E-state index contributed by atoms with van der Waals surface area (Å²) in [6.07, 6.45) is -2.90. The number of likely N-dealkylation sites (tertiary alicyclic amines) is 1. The number of carbonyl (C=O) groups is 1. The van der Waals surface area contributed by atoms with Crippen molar-refractivity contribution < 1.29 is 18.0 Å². The van der Waals surface area contributed by atoms with E-state index in [0.717, 1.165) is 47.5 Å². The first-order valence-electron chi connectivity index (χ1n) is 11.2. The van der Waals surface area contributed by atoms with E-state index in [1.54, 1.807) is 18.2 Å². The van der Waals surface area contributed by atoms with E-state index in [0.29, 0.717) is 29.9 Å². The number of benzene rings is 2. The molecule has 0 unspecified atom stereocenters. The summed E-state index contributed by atoms with van der Waals surface area (Å²) in [5.41, 5.74) is 3.41. The van der Waals surface area contributed by atoms with E-state index in [2.05, 4.69) is 15.0 Å². The van der Waals surface area contributed by atoms with Gasteiger partial charge in [-0.05, 0) is 62.2 Å². The molecule has 2 aromatic heterocycles. The van der Waals surface area contributed by atoms with Crippen LogP contribution in [0.25, 0.3) is 22.3 Å². The fraction of sp³-hybridized carbons (Fsp3) is 0.269. The van der Waals surface area contributed by atoms with Gasteiger partial charge in [-0.2, -0.15) is 13.2 Å². The third-order valence-electron chi connectivity index (χ3n) is 6.30. The second-order valence-corrected chi connectivity index (χ2v) is 8.65. The SMILES string of the molecule is Cc1nc2ccc(C(=O)N3CCC(c4cccc(-c5cccc(C(F)(F)F)c5)n4)CC3)cc2[nH]1. The summed E-state index contributed by atoms with van der Waals surface area (Å²) < 4.78 is 39.3. The average Bonchev–Trinajstić information content (AvgIpc) is 3.22. The zero-order chi connectivity index (χ0) is 23.9. The summed E-state index contributed by atoms with van der Waals surface area (Å²) in [5.74, 6) is 0.936. The Balaban J connectivity index is 1.29. The highest BCUT2D eigenvalue weighted by Gasteiger charge is 2.31. The summed E-state index contributed by atoms with van der Waals surface area (Å²) in [6.45, 7) is 3.07. The van der Waals surface area contributed by atoms with Crippen LogP contribution in [0.4, 0.5) is 13.2 Å². The molecule has 1 saturated heterocycles. The largest absolute Gasteiger partial charge is 0.416 e. The van der Waals surface area contributed by atoms with Crippen LogP contribution in [0.1, 0.15) is 46.2 Å². The lowest BCUT2D eigenvalue weighted by Crippen LogP contribution is -2.38. The Morgan fingerprint density at radius 3 is 2.53 bits per heavy atom. The van der Waals surface area contributed by atoms with Crippen LogP contribution >= 0.6 is 0 Å². The molecular formula is C26H23F3N4O. The minimum absolute atomic E-state index is 0.0155. The Labute approximate surface area is 194 Å². The first-order valence-corrected chi connectivity index (χ1v) is 11.2. The number of aromatic amines is 1. The summed E-state index contributed by atoms with van der Waals surface area (Å²) in [4.78, 5) is 27.1. The Bertz CT molecular complexity index is 1350. The molecule has 5 nitrogen and oxygen atoms in total. The second-order valence-electron chi connectivity index (χ2n) is 8.65. The van der Waals surface area contributed by atoms with Gasteiger partial charge in [0, 0.05) is 35.8 Å². The maximum Gasteiger partial charge on any atom is 0.416 e. The lowest BCUT2D eigenvalue weighted by molar-refractivity contribution is -0.137. The molecule has 0 saturated carbocycles. The zero-order valence-corrected chi connectivity index (χ0v) is 18.6. The molecule has 0 aliphatic carbocycles. The Morgan fingerprint density at radius 2 is 1.76 bits per heavy atom. The number of fused-ring (bicyclic) bond motifs is 1. The Hall–Kier alpha value is -3.68. The normalized spacial score (nSPS) is 15.1. The third-order valence-corrected chi connectivity index (χ3v) is 6.30. The minimum Gasteiger partial charge on any atom is -0.342 e. The number of nitrogens with one attached hydrogen (secondary N) is 1. The molecule has 1 N–H and O–H groups in total. The van der Waals surface area contributed by atoms with Crippen LogP contribution < -0.4 is 0 Å². The molecule has 0 radical (unpaired) electrons. The van der Waals surface area contributed by atoms with Gasteiger partial charge in [-0.15, -0.1) is 0 Å². The van der Waals surface area contributed by atoms with Crippen molar-refractivity contribution in [2.24, 2.45) is 0 Å². The number of nitrogens with zero attached hydrogens (tertiary/aromatic N) is 3. The number of aryl methyl sites for hydroxylation is 1. The molecule has 3 heterocycles. The fourth-order valence-electron chi connectivity index (χ4n) is 4.53. The second kappa shape index (κ2) is 8.59. The lowest BCUT2D eigenvalue weighted by Gasteiger charge is -2.32. The van der Waals surface area contributed by atoms with E-state index in [9.17, 15) is 18.0 Å². The molecule has 0 bridgehead atoms. The van der Waals surface area contributed by atoms with Gasteiger partial charge in [-0.1, -0.05) is 18.2 Å². The molecule has 1 aliphatic heterocycles. The third kappa shape index (κ3) is 4.40. The molecule has 1 amide bonds. The van der Waals surface area contributed by atoms with Gasteiger partial charge in [0.2, 0.25) is 0 Å². The summed E-state index contributed by atoms with van der Waals surface area (Å²) in [6, 6.07) is 16.2. The van der Waals surface area contributed by atoms with Crippen LogP contribution in [0.15, 0.2) is 60.7 Å². The van der Waals surface area contributed by atoms with Gasteiger partial charge >= 0.3 is 6.18 Å². The number of halogens is 3. The molecule has 34 heavy (non-hydrogen) atoms. The first-order chi connectivity index (χ1) is 16.3. The number of hydrogen-bond acceptors (Lipinski definition) is 3. The Morgan fingerprint density at radius 1 is 1.00 bits per heavy atom. The van der Waals surface area contributed by atoms with Gasteiger partial charge < -0.3 is 9.88 Å². The number of aromatic nitrogens is 3. The maximum absolute atomic E-state index is 13.1. The molecule has 5 rings (SSSR count). The quantitative estimate of drug-likeness (QED) is 0.406. The predicted octanol–water partition coefficient (Wildman–Crippen LogP) is 5.97. The monoisotopic (exact) mass is 464 g/mol. The van der Waals surface area contributed by atoms with Gasteiger partial charge in [0.25, 0.3) is 5.91 Å². The van der Waals surface area contributed by atoms with Crippen LogP contribution in [0.3, 0.4) is 0 Å². The number of pyridine rings is 1. The smallest absolute Gasteiger partial charge is 0.342 e. The van der Waals surface area contributed by atoms with Crippen molar-refractivity contribution in [2.75, 3.05) is 13.1 Å². The number of carbonyl (C=O) groups excluding carboxylic acids is 1. The van der Waals surface area contributed by atoms with E-state index >= 15 is 0 Å². The van der Waals surface area contributed by atoms with E-state index < -0.39 is 11.7 Å². The molecule has 4 aromatic rings. The van der Waals surface area contributed by atoms with Crippen molar-refractivity contribution >= 4 is 16.9 Å². The highest BCUT2D eigenvalue weighted by molar-refractivity contribution is 5.97. The van der Waals surface area contributed by atoms with Crippen molar-refractivity contribution in [3.05, 3.63) is 83.3 Å². The number of H-pyrrole nitrogens is 1. The standard InChI is InChI=1S/C26H23F3N4O/c1-16-30-23-9-8-19(15-24(23)31-16)25(34)33-12-10-17(11-13-33)21-6-3-7-22(32-21)18-4-2-5-20(14-18)26(27,28)29/h2-9,14-15,17H,10-13H2,1H3,(H,30,31). The zero-order valence-electron chi connectivity index (χ0n) is 18.6. The number of piperidine rings is 1. The summed E-state index contributed by atoms with van der Waals surface area (Å²) in [5, 5.41) is 0. The summed E-state index contributed by atoms with van der Waals surface area (Å²) >= 11 is 0. The highest BCUT2D eigenvalue weighted by atomic mass is 19.4. The van der Waals surface area contributed by atoms with Gasteiger partial charge in [0.15, 0.2) is 0 Å². The molecule has 0 atom stereocenters. The first kappa shape index (κ1) is 22.1. The number of rotatable bonds is 3. The number of hydrogen-bond donors (Lipinski definition) is 1. The molecule has 8 heteroatoms. The van der Waals surface area contributed by atoms with Crippen LogP contribution in [0, 0.1) is 6.92 Å². The molecule has 2 aromatic carbocycles. The maximum atomic E-state index is 13.1. The Kier molecular flexibility index (Phi) is 5.59. The topological polar surface area (TPSA) is 61.9 Å². The summed E-state index contributed by atoms with van der Waals surface area (Å²) in [7, 11) is 0. The number of amides is 1. The highest BCUT2D eigenvalue weighted by Crippen LogP contribution is 2.33. The number of imidazole rings is 1. The van der Waals surface area contributed by atoms with Crippen molar-refractivity contribution in [1.82, 2.24) is 19.9 Å². The van der Waals surface area contributed by atoms with Crippen molar-refractivity contribution in [2.45, 2.75) is 31.9 Å². The van der Waals surface area contributed by atoms with Crippen molar-refractivity contribution in [3.8, 4) is 11.3 Å². The van der Waals surface area contributed by atoms with Gasteiger partial charge in [0.05, 0.1) is 22.3 Å². The van der Waals surface area contributed by atoms with Crippen LogP contribution in [0.5, 0.6) is 0 Å². The van der Waals surface area contributed by atoms with E-state index in [1.165, 1.54) is 6.07 Å². The molecule has 1 fully saturated rings. The number of alkyl halides is 3. The molecule has 1 aliphatic rings. The molecular weight excluding hydrogens is 441 g/mol. The van der Waals surface area contributed by atoms with E-state index in [-0.39, 0.29) is 11.8 Å². The van der Waals surface area contributed by atoms with Gasteiger partial charge in [-0.3, -0.25) is 9.78 Å². The predicted molar refractivity (Wildman–Crippen MR) is 123 cm³/mol. The minimum atomic E-state index is -4.40. The van der Waals surface area contributed by atoms with E-state index in [4.69, 9.17) is 0 Å². The lowest BCUT2D eigenvalue weighted by atomic mass is 9.92. The van der Waals surface area contributed by atoms with Crippen molar-refractivity contribution in [1.29, 1.82) is 0 Å². The van der Waals surface area contributed by atoms with Gasteiger partial charge in [0.1, 0.15) is 5.82 Å². The van der Waals surface area contributed by atoms with Crippen LogP contribution in [-0.2, 0) is 6.18 Å². The van der Waals surface area contributed by atoms with Gasteiger partial charge in [-0.25, -0.2) is 4.98 Å². The molecule has 174 valence electrons. The van der Waals surface area contributed by atoms with Crippen molar-refractivity contribution in [3.63, 3.8) is 0 Å². The molecule has 0 spiro atoms. The average molecular weight is 464 g/mol. The van der Waals surface area contributed by atoms with E-state index in [1.807, 2.05) is 36.1 Å². The van der Waals surface area contributed by atoms with Crippen LogP contribution in [0.2, 0.25) is 0 Å².